The molecule has 20 heavy (non-hydrogen) atoms. The molecular formula is C14H24N2O2S2. The second-order valence-corrected chi connectivity index (χ2v) is 8.98. The van der Waals surface area contributed by atoms with E-state index in [2.05, 4.69) is 30.0 Å². The third-order valence-corrected chi connectivity index (χ3v) is 6.51. The van der Waals surface area contributed by atoms with E-state index in [1.807, 2.05) is 11.4 Å². The predicted octanol–water partition coefficient (Wildman–Crippen LogP) is 1.94. The lowest BCUT2D eigenvalue weighted by atomic mass is 9.92. The Labute approximate surface area is 126 Å². The molecular weight excluding hydrogens is 292 g/mol. The Kier molecular flexibility index (Phi) is 5.23. The average Bonchev–Trinajstić information content (AvgIpc) is 2.92. The molecule has 4 nitrogen and oxygen atoms in total. The van der Waals surface area contributed by atoms with Gasteiger partial charge < -0.3 is 5.32 Å². The summed E-state index contributed by atoms with van der Waals surface area (Å²) in [4.78, 5) is 1.21. The van der Waals surface area contributed by atoms with Crippen LogP contribution < -0.4 is 10.0 Å². The van der Waals surface area contributed by atoms with E-state index >= 15 is 0 Å². The first-order chi connectivity index (χ1) is 9.39. The topological polar surface area (TPSA) is 58.2 Å². The minimum atomic E-state index is -3.19. The minimum Gasteiger partial charge on any atom is -0.316 e. The van der Waals surface area contributed by atoms with Crippen LogP contribution in [0, 0.1) is 5.92 Å². The molecule has 0 radical (unpaired) electrons. The number of hydrogen-bond acceptors (Lipinski definition) is 4. The van der Waals surface area contributed by atoms with Crippen molar-refractivity contribution in [3.63, 3.8) is 0 Å². The predicted molar refractivity (Wildman–Crippen MR) is 84.7 cm³/mol. The second kappa shape index (κ2) is 6.56. The third-order valence-electron chi connectivity index (χ3n) is 3.78. The summed E-state index contributed by atoms with van der Waals surface area (Å²) >= 11 is 1.67. The van der Waals surface area contributed by atoms with Crippen LogP contribution in [0.2, 0.25) is 0 Å². The van der Waals surface area contributed by atoms with Crippen molar-refractivity contribution in [3.8, 4) is 0 Å². The fraction of sp³-hybridized carbons (Fsp3) is 0.714. The van der Waals surface area contributed by atoms with Crippen molar-refractivity contribution in [2.45, 2.75) is 32.1 Å². The van der Waals surface area contributed by atoms with Gasteiger partial charge in [0, 0.05) is 16.8 Å². The lowest BCUT2D eigenvalue weighted by Gasteiger charge is -2.26. The van der Waals surface area contributed by atoms with E-state index in [1.165, 1.54) is 4.88 Å². The second-order valence-electron chi connectivity index (χ2n) is 6.18. The molecule has 2 heterocycles. The van der Waals surface area contributed by atoms with E-state index in [-0.39, 0.29) is 17.1 Å². The highest BCUT2D eigenvalue weighted by Gasteiger charge is 2.26. The molecule has 2 N–H and O–H groups in total. The van der Waals surface area contributed by atoms with Gasteiger partial charge in [-0.05, 0) is 43.3 Å². The van der Waals surface area contributed by atoms with Crippen LogP contribution in [-0.4, -0.2) is 33.8 Å². The van der Waals surface area contributed by atoms with E-state index in [4.69, 9.17) is 0 Å². The van der Waals surface area contributed by atoms with Crippen LogP contribution >= 0.6 is 11.3 Å². The average molecular weight is 316 g/mol. The zero-order chi connectivity index (χ0) is 14.6. The van der Waals surface area contributed by atoms with Gasteiger partial charge in [-0.25, -0.2) is 13.1 Å². The molecule has 1 aromatic heterocycles. The number of nitrogens with one attached hydrogen (secondary N) is 2. The van der Waals surface area contributed by atoms with E-state index in [0.717, 1.165) is 25.9 Å². The molecule has 0 saturated carbocycles. The Morgan fingerprint density at radius 3 is 2.90 bits per heavy atom. The standard InChI is InChI=1S/C14H24N2O2S2/c1-14(2,13-6-4-8-19-13)11-16-20(17,18)10-12-5-3-7-15-9-12/h4,6,8,12,15-16H,3,5,7,9-11H2,1-2H3. The highest BCUT2D eigenvalue weighted by Crippen LogP contribution is 2.26. The van der Waals surface area contributed by atoms with E-state index in [1.54, 1.807) is 11.3 Å². The Bertz CT molecular complexity index is 503. The highest BCUT2D eigenvalue weighted by atomic mass is 32.2. The first kappa shape index (κ1) is 15.9. The summed E-state index contributed by atoms with van der Waals surface area (Å²) in [5.74, 6) is 0.478. The first-order valence-electron chi connectivity index (χ1n) is 7.11. The molecule has 114 valence electrons. The van der Waals surface area contributed by atoms with Crippen LogP contribution in [-0.2, 0) is 15.4 Å². The van der Waals surface area contributed by atoms with Crippen LogP contribution in [0.25, 0.3) is 0 Å². The smallest absolute Gasteiger partial charge is 0.211 e. The monoisotopic (exact) mass is 316 g/mol. The normalized spacial score (nSPS) is 21.0. The maximum absolute atomic E-state index is 12.2. The van der Waals surface area contributed by atoms with Gasteiger partial charge in [0.25, 0.3) is 0 Å². The molecule has 0 amide bonds. The van der Waals surface area contributed by atoms with Gasteiger partial charge >= 0.3 is 0 Å². The first-order valence-corrected chi connectivity index (χ1v) is 9.64. The van der Waals surface area contributed by atoms with Crippen molar-refractivity contribution >= 4 is 21.4 Å². The molecule has 0 aliphatic carbocycles. The summed E-state index contributed by atoms with van der Waals surface area (Å²) in [6.07, 6.45) is 2.07. The van der Waals surface area contributed by atoms with Crippen LogP contribution in [0.15, 0.2) is 17.5 Å². The Balaban J connectivity index is 1.88. The summed E-state index contributed by atoms with van der Waals surface area (Å²) in [6, 6.07) is 4.06. The quantitative estimate of drug-likeness (QED) is 0.843. The summed E-state index contributed by atoms with van der Waals surface area (Å²) in [6.45, 7) is 6.42. The van der Waals surface area contributed by atoms with Gasteiger partial charge in [-0.3, -0.25) is 0 Å². The lowest BCUT2D eigenvalue weighted by Crippen LogP contribution is -2.41. The number of thiophene rings is 1. The van der Waals surface area contributed by atoms with Crippen molar-refractivity contribution in [3.05, 3.63) is 22.4 Å². The molecule has 1 unspecified atom stereocenters. The fourth-order valence-corrected chi connectivity index (χ4v) is 4.93. The summed E-state index contributed by atoms with van der Waals surface area (Å²) in [5, 5.41) is 5.29. The SMILES string of the molecule is CC(C)(CNS(=O)(=O)CC1CCCNC1)c1cccs1. The number of rotatable bonds is 6. The molecule has 1 aliphatic heterocycles. The molecule has 6 heteroatoms. The van der Waals surface area contributed by atoms with Crippen LogP contribution in [0.5, 0.6) is 0 Å². The zero-order valence-corrected chi connectivity index (χ0v) is 13.8. The molecule has 1 aromatic rings. The Morgan fingerprint density at radius 1 is 1.50 bits per heavy atom. The van der Waals surface area contributed by atoms with Crippen molar-refractivity contribution in [1.82, 2.24) is 10.0 Å². The van der Waals surface area contributed by atoms with Crippen LogP contribution in [0.3, 0.4) is 0 Å². The molecule has 1 aliphatic rings. The number of piperidine rings is 1. The van der Waals surface area contributed by atoms with Crippen LogP contribution in [0.4, 0.5) is 0 Å². The Hall–Kier alpha value is -0.430. The maximum atomic E-state index is 12.2. The molecule has 0 bridgehead atoms. The van der Waals surface area contributed by atoms with Gasteiger partial charge in [-0.1, -0.05) is 19.9 Å². The highest BCUT2D eigenvalue weighted by molar-refractivity contribution is 7.89. The fourth-order valence-electron chi connectivity index (χ4n) is 2.48. The summed E-state index contributed by atoms with van der Waals surface area (Å²) in [5.41, 5.74) is -0.161. The van der Waals surface area contributed by atoms with E-state index in [0.29, 0.717) is 6.54 Å². The molecule has 0 aromatic carbocycles. The number of hydrogen-bond donors (Lipinski definition) is 2. The summed E-state index contributed by atoms with van der Waals surface area (Å²) in [7, 11) is -3.19. The Morgan fingerprint density at radius 2 is 2.30 bits per heavy atom. The van der Waals surface area contributed by atoms with E-state index in [9.17, 15) is 8.42 Å². The van der Waals surface area contributed by atoms with Crippen LogP contribution in [0.1, 0.15) is 31.6 Å². The largest absolute Gasteiger partial charge is 0.316 e. The van der Waals surface area contributed by atoms with Gasteiger partial charge in [-0.15, -0.1) is 11.3 Å². The van der Waals surface area contributed by atoms with Crippen molar-refractivity contribution in [2.24, 2.45) is 5.92 Å². The third kappa shape index (κ3) is 4.55. The minimum absolute atomic E-state index is 0.161. The van der Waals surface area contributed by atoms with Gasteiger partial charge in [0.05, 0.1) is 5.75 Å². The number of sulfonamides is 1. The van der Waals surface area contributed by atoms with Gasteiger partial charge in [0.15, 0.2) is 0 Å². The van der Waals surface area contributed by atoms with Gasteiger partial charge in [-0.2, -0.15) is 0 Å². The molecule has 1 saturated heterocycles. The summed E-state index contributed by atoms with van der Waals surface area (Å²) < 4.78 is 27.1. The van der Waals surface area contributed by atoms with Crippen molar-refractivity contribution in [2.75, 3.05) is 25.4 Å². The molecule has 0 spiro atoms. The maximum Gasteiger partial charge on any atom is 0.211 e. The zero-order valence-electron chi connectivity index (χ0n) is 12.2. The van der Waals surface area contributed by atoms with E-state index < -0.39 is 10.0 Å². The van der Waals surface area contributed by atoms with Gasteiger partial charge in [0.1, 0.15) is 0 Å². The molecule has 1 fully saturated rings. The van der Waals surface area contributed by atoms with Crippen molar-refractivity contribution in [1.29, 1.82) is 0 Å². The lowest BCUT2D eigenvalue weighted by molar-refractivity contribution is 0.401. The van der Waals surface area contributed by atoms with Crippen molar-refractivity contribution < 1.29 is 8.42 Å². The molecule has 1 atom stereocenters. The molecule has 2 rings (SSSR count). The van der Waals surface area contributed by atoms with Gasteiger partial charge in [0.2, 0.25) is 10.0 Å².